The molecule has 22 heavy (non-hydrogen) atoms. The second-order valence-corrected chi connectivity index (χ2v) is 6.11. The number of carbonyl (C=O) groups is 1. The van der Waals surface area contributed by atoms with Crippen molar-refractivity contribution in [3.05, 3.63) is 35.6 Å². The van der Waals surface area contributed by atoms with Crippen LogP contribution in [0.2, 0.25) is 0 Å². The van der Waals surface area contributed by atoms with E-state index in [0.717, 1.165) is 44.3 Å². The average Bonchev–Trinajstić information content (AvgIpc) is 3.04. The van der Waals surface area contributed by atoms with Crippen LogP contribution in [0.15, 0.2) is 24.3 Å². The highest BCUT2D eigenvalue weighted by Gasteiger charge is 2.25. The molecule has 1 N–H and O–H groups in total. The summed E-state index contributed by atoms with van der Waals surface area (Å²) < 4.78 is 13.0. The number of rotatable bonds is 8. The van der Waals surface area contributed by atoms with Gasteiger partial charge in [0.1, 0.15) is 5.82 Å². The minimum absolute atomic E-state index is 0.209. The smallest absolute Gasteiger partial charge is 0.222 e. The molecule has 1 aliphatic carbocycles. The second kappa shape index (κ2) is 8.89. The van der Waals surface area contributed by atoms with E-state index in [4.69, 9.17) is 0 Å². The summed E-state index contributed by atoms with van der Waals surface area (Å²) in [5, 5.41) is 3.09. The van der Waals surface area contributed by atoms with Gasteiger partial charge < -0.3 is 10.2 Å². The van der Waals surface area contributed by atoms with E-state index in [0.29, 0.717) is 12.5 Å². The van der Waals surface area contributed by atoms with Gasteiger partial charge in [-0.15, -0.1) is 0 Å². The first-order valence-corrected chi connectivity index (χ1v) is 8.39. The maximum absolute atomic E-state index is 13.0. The minimum atomic E-state index is -0.209. The van der Waals surface area contributed by atoms with Crippen LogP contribution in [0.3, 0.4) is 0 Å². The van der Waals surface area contributed by atoms with Crippen LogP contribution >= 0.6 is 0 Å². The highest BCUT2D eigenvalue weighted by molar-refractivity contribution is 5.76. The van der Waals surface area contributed by atoms with E-state index in [1.54, 1.807) is 0 Å². The van der Waals surface area contributed by atoms with Crippen molar-refractivity contribution >= 4 is 5.91 Å². The van der Waals surface area contributed by atoms with Gasteiger partial charge in [-0.05, 0) is 57.0 Å². The molecule has 1 aliphatic rings. The summed E-state index contributed by atoms with van der Waals surface area (Å²) in [5.74, 6) is 0.0591. The molecule has 2 rings (SSSR count). The molecule has 1 aromatic rings. The third-order valence-corrected chi connectivity index (χ3v) is 4.46. The highest BCUT2D eigenvalue weighted by Crippen LogP contribution is 2.24. The summed E-state index contributed by atoms with van der Waals surface area (Å²) in [6, 6.07) is 7.01. The molecule has 0 unspecified atom stereocenters. The Morgan fingerprint density at radius 1 is 1.27 bits per heavy atom. The molecule has 0 atom stereocenters. The molecule has 0 aromatic heterocycles. The molecule has 0 heterocycles. The van der Waals surface area contributed by atoms with Crippen molar-refractivity contribution in [1.29, 1.82) is 0 Å². The van der Waals surface area contributed by atoms with Gasteiger partial charge in [0.2, 0.25) is 5.91 Å². The summed E-state index contributed by atoms with van der Waals surface area (Å²) in [5.41, 5.74) is 1.09. The topological polar surface area (TPSA) is 32.3 Å². The zero-order valence-electron chi connectivity index (χ0n) is 13.5. The second-order valence-electron chi connectivity index (χ2n) is 6.11. The number of benzene rings is 1. The first-order chi connectivity index (χ1) is 10.7. The Balaban J connectivity index is 1.91. The number of halogens is 1. The Morgan fingerprint density at radius 2 is 1.95 bits per heavy atom. The quantitative estimate of drug-likeness (QED) is 0.748. The minimum Gasteiger partial charge on any atom is -0.339 e. The third kappa shape index (κ3) is 5.09. The Bertz CT molecular complexity index is 455. The zero-order chi connectivity index (χ0) is 15.8. The van der Waals surface area contributed by atoms with Crippen LogP contribution in [0.5, 0.6) is 0 Å². The fraction of sp³-hybridized carbons (Fsp3) is 0.611. The highest BCUT2D eigenvalue weighted by atomic mass is 19.1. The van der Waals surface area contributed by atoms with Gasteiger partial charge in [-0.3, -0.25) is 4.79 Å². The van der Waals surface area contributed by atoms with Crippen molar-refractivity contribution in [2.24, 2.45) is 0 Å². The molecule has 3 nitrogen and oxygen atoms in total. The number of hydrogen-bond acceptors (Lipinski definition) is 2. The van der Waals surface area contributed by atoms with Crippen molar-refractivity contribution in [3.8, 4) is 0 Å². The standard InChI is InChI=1S/C18H27FN2O/c1-20-13-4-7-18(22)21(17-5-2-3-6-17)14-12-15-8-10-16(19)11-9-15/h8-11,17,20H,2-7,12-14H2,1H3. The fourth-order valence-electron chi connectivity index (χ4n) is 3.19. The molecular weight excluding hydrogens is 279 g/mol. The van der Waals surface area contributed by atoms with Gasteiger partial charge in [0, 0.05) is 19.0 Å². The number of nitrogens with zero attached hydrogens (tertiary/aromatic N) is 1. The van der Waals surface area contributed by atoms with Crippen molar-refractivity contribution < 1.29 is 9.18 Å². The first-order valence-electron chi connectivity index (χ1n) is 8.39. The molecule has 0 aliphatic heterocycles. The number of amides is 1. The average molecular weight is 306 g/mol. The lowest BCUT2D eigenvalue weighted by molar-refractivity contribution is -0.133. The predicted octanol–water partition coefficient (Wildman–Crippen LogP) is 3.14. The van der Waals surface area contributed by atoms with Crippen LogP contribution in [-0.2, 0) is 11.2 Å². The zero-order valence-corrected chi connectivity index (χ0v) is 13.5. The maximum atomic E-state index is 13.0. The van der Waals surface area contributed by atoms with Gasteiger partial charge in [-0.1, -0.05) is 25.0 Å². The molecule has 0 bridgehead atoms. The number of hydrogen-bond donors (Lipinski definition) is 1. The summed E-state index contributed by atoms with van der Waals surface area (Å²) in [7, 11) is 1.91. The molecular formula is C18H27FN2O. The van der Waals surface area contributed by atoms with E-state index in [9.17, 15) is 9.18 Å². The predicted molar refractivity (Wildman–Crippen MR) is 87.2 cm³/mol. The van der Waals surface area contributed by atoms with Crippen molar-refractivity contribution in [2.75, 3.05) is 20.1 Å². The van der Waals surface area contributed by atoms with E-state index in [-0.39, 0.29) is 11.7 Å². The fourth-order valence-corrected chi connectivity index (χ4v) is 3.19. The van der Waals surface area contributed by atoms with Crippen LogP contribution in [0.25, 0.3) is 0 Å². The molecule has 1 fully saturated rings. The lowest BCUT2D eigenvalue weighted by Crippen LogP contribution is -2.40. The maximum Gasteiger partial charge on any atom is 0.222 e. The van der Waals surface area contributed by atoms with Gasteiger partial charge in [-0.25, -0.2) is 4.39 Å². The Hall–Kier alpha value is -1.42. The van der Waals surface area contributed by atoms with E-state index in [1.165, 1.54) is 25.0 Å². The molecule has 1 aromatic carbocycles. The van der Waals surface area contributed by atoms with Crippen LogP contribution in [0.4, 0.5) is 4.39 Å². The Labute approximate surface area is 132 Å². The van der Waals surface area contributed by atoms with Crippen LogP contribution in [0.1, 0.15) is 44.1 Å². The summed E-state index contributed by atoms with van der Waals surface area (Å²) in [6.45, 7) is 1.62. The van der Waals surface area contributed by atoms with E-state index in [1.807, 2.05) is 19.2 Å². The van der Waals surface area contributed by atoms with Crippen LogP contribution in [-0.4, -0.2) is 37.0 Å². The molecule has 1 amide bonds. The van der Waals surface area contributed by atoms with Crippen LogP contribution < -0.4 is 5.32 Å². The van der Waals surface area contributed by atoms with Crippen LogP contribution in [0, 0.1) is 5.82 Å². The SMILES string of the molecule is CNCCCC(=O)N(CCc1ccc(F)cc1)C1CCCC1. The summed E-state index contributed by atoms with van der Waals surface area (Å²) in [6.07, 6.45) is 7.00. The number of nitrogens with one attached hydrogen (secondary N) is 1. The Morgan fingerprint density at radius 3 is 2.59 bits per heavy atom. The van der Waals surface area contributed by atoms with E-state index < -0.39 is 0 Å². The molecule has 1 saturated carbocycles. The number of carbonyl (C=O) groups excluding carboxylic acids is 1. The van der Waals surface area contributed by atoms with Crippen molar-refractivity contribution in [2.45, 2.75) is 51.0 Å². The molecule has 0 saturated heterocycles. The molecule has 0 radical (unpaired) electrons. The van der Waals surface area contributed by atoms with E-state index in [2.05, 4.69) is 10.2 Å². The van der Waals surface area contributed by atoms with Gasteiger partial charge in [0.15, 0.2) is 0 Å². The third-order valence-electron chi connectivity index (χ3n) is 4.46. The summed E-state index contributed by atoms with van der Waals surface area (Å²) in [4.78, 5) is 14.6. The van der Waals surface area contributed by atoms with Crippen molar-refractivity contribution in [1.82, 2.24) is 10.2 Å². The van der Waals surface area contributed by atoms with Gasteiger partial charge in [0.05, 0.1) is 0 Å². The monoisotopic (exact) mass is 306 g/mol. The molecule has 122 valence electrons. The normalized spacial score (nSPS) is 15.2. The first kappa shape index (κ1) is 16.9. The molecule has 0 spiro atoms. The van der Waals surface area contributed by atoms with Crippen molar-refractivity contribution in [3.63, 3.8) is 0 Å². The molecule has 4 heteroatoms. The largest absolute Gasteiger partial charge is 0.339 e. The van der Waals surface area contributed by atoms with Gasteiger partial charge >= 0.3 is 0 Å². The van der Waals surface area contributed by atoms with Gasteiger partial charge in [0.25, 0.3) is 0 Å². The van der Waals surface area contributed by atoms with Gasteiger partial charge in [-0.2, -0.15) is 0 Å². The lowest BCUT2D eigenvalue weighted by Gasteiger charge is -2.29. The van der Waals surface area contributed by atoms with E-state index >= 15 is 0 Å². The lowest BCUT2D eigenvalue weighted by atomic mass is 10.1. The summed E-state index contributed by atoms with van der Waals surface area (Å²) >= 11 is 0. The Kier molecular flexibility index (Phi) is 6.84.